The highest BCUT2D eigenvalue weighted by molar-refractivity contribution is 5.86. The zero-order valence-electron chi connectivity index (χ0n) is 29.8. The number of carbonyl (C=O) groups is 2. The first-order valence-corrected chi connectivity index (χ1v) is 18.8. The maximum absolute atomic E-state index is 12.5. The molecule has 0 aromatic carbocycles. The molecule has 0 radical (unpaired) electrons. The van der Waals surface area contributed by atoms with Gasteiger partial charge in [0.15, 0.2) is 0 Å². The molecule has 0 spiro atoms. The van der Waals surface area contributed by atoms with Gasteiger partial charge >= 0.3 is 12.1 Å². The summed E-state index contributed by atoms with van der Waals surface area (Å²) in [5, 5.41) is 0. The number of allylic oxidation sites excluding steroid dienone is 1. The lowest BCUT2D eigenvalue weighted by Crippen LogP contribution is -2.51. The number of rotatable bonds is 16. The van der Waals surface area contributed by atoms with E-state index in [1.165, 1.54) is 51.4 Å². The van der Waals surface area contributed by atoms with Crippen LogP contribution in [0.2, 0.25) is 0 Å². The van der Waals surface area contributed by atoms with Crippen LogP contribution in [0.4, 0.5) is 4.79 Å². The maximum atomic E-state index is 12.5. The summed E-state index contributed by atoms with van der Waals surface area (Å²) in [6.45, 7) is 18.6. The Bertz CT molecular complexity index is 1030. The van der Waals surface area contributed by atoms with Gasteiger partial charge in [-0.2, -0.15) is 0 Å². The molecule has 3 fully saturated rings. The molecule has 4 rings (SSSR count). The van der Waals surface area contributed by atoms with Crippen molar-refractivity contribution in [1.82, 2.24) is 0 Å². The van der Waals surface area contributed by atoms with Crippen molar-refractivity contribution >= 4 is 12.1 Å². The standard InChI is InChI=1S/C40H66O5/c1-28(2)15-14-16-30(5)34-19-20-35-33-18-17-31-27-32(21-23-39(31,6)36(33)22-24-40(34,35)7)45-38(42)44-26-13-11-9-8-10-12-25-43-37(41)29(3)4/h17,28,30,32-36H,3,8-16,18-27H2,1-2,4-7H3/t30-,32?,33+,34-,35+,36+,39+,40-/m1/s1. The molecule has 0 aliphatic heterocycles. The predicted octanol–water partition coefficient (Wildman–Crippen LogP) is 11.0. The fourth-order valence-corrected chi connectivity index (χ4v) is 10.3. The Morgan fingerprint density at radius 1 is 0.867 bits per heavy atom. The fourth-order valence-electron chi connectivity index (χ4n) is 10.3. The van der Waals surface area contributed by atoms with Crippen LogP contribution < -0.4 is 0 Å². The number of ether oxygens (including phenoxy) is 3. The topological polar surface area (TPSA) is 61.8 Å². The minimum Gasteiger partial charge on any atom is -0.462 e. The van der Waals surface area contributed by atoms with Gasteiger partial charge in [0, 0.05) is 12.0 Å². The second-order valence-corrected chi connectivity index (χ2v) is 16.4. The first kappa shape index (κ1) is 36.1. The number of unbranched alkanes of at least 4 members (excludes halogenated alkanes) is 5. The lowest BCUT2D eigenvalue weighted by molar-refractivity contribution is -0.139. The van der Waals surface area contributed by atoms with E-state index in [1.54, 1.807) is 12.5 Å². The second kappa shape index (κ2) is 16.4. The molecule has 0 N–H and O–H groups in total. The monoisotopic (exact) mass is 626 g/mol. The van der Waals surface area contributed by atoms with E-state index in [-0.39, 0.29) is 17.5 Å². The van der Waals surface area contributed by atoms with Crippen LogP contribution in [0.5, 0.6) is 0 Å². The summed E-state index contributed by atoms with van der Waals surface area (Å²) in [6.07, 6.45) is 22.0. The van der Waals surface area contributed by atoms with Crippen molar-refractivity contribution in [1.29, 1.82) is 0 Å². The van der Waals surface area contributed by atoms with E-state index < -0.39 is 6.16 Å². The van der Waals surface area contributed by atoms with Crippen LogP contribution in [-0.4, -0.2) is 31.4 Å². The van der Waals surface area contributed by atoms with E-state index in [4.69, 9.17) is 14.2 Å². The van der Waals surface area contributed by atoms with Gasteiger partial charge in [0.2, 0.25) is 0 Å². The average molecular weight is 627 g/mol. The predicted molar refractivity (Wildman–Crippen MR) is 183 cm³/mol. The molecule has 1 unspecified atom stereocenters. The molecule has 8 atom stereocenters. The van der Waals surface area contributed by atoms with E-state index in [1.807, 2.05) is 0 Å². The van der Waals surface area contributed by atoms with E-state index in [2.05, 4.69) is 47.3 Å². The van der Waals surface area contributed by atoms with Gasteiger partial charge in [-0.1, -0.05) is 97.8 Å². The average Bonchev–Trinajstić information content (AvgIpc) is 3.35. The summed E-state index contributed by atoms with van der Waals surface area (Å²) >= 11 is 0. The lowest BCUT2D eigenvalue weighted by Gasteiger charge is -2.58. The molecule has 0 bridgehead atoms. The molecule has 5 heteroatoms. The molecule has 0 aromatic heterocycles. The van der Waals surface area contributed by atoms with E-state index in [0.717, 1.165) is 93.3 Å². The number of carbonyl (C=O) groups excluding carboxylic acids is 2. The summed E-state index contributed by atoms with van der Waals surface area (Å²) in [6, 6.07) is 0. The van der Waals surface area contributed by atoms with Crippen LogP contribution in [0.25, 0.3) is 0 Å². The van der Waals surface area contributed by atoms with Gasteiger partial charge < -0.3 is 14.2 Å². The first-order chi connectivity index (χ1) is 21.5. The molecule has 45 heavy (non-hydrogen) atoms. The molecule has 0 heterocycles. The molecular formula is C40H66O5. The molecule has 0 aromatic rings. The van der Waals surface area contributed by atoms with Crippen molar-refractivity contribution < 1.29 is 23.8 Å². The zero-order valence-corrected chi connectivity index (χ0v) is 29.8. The van der Waals surface area contributed by atoms with Crippen LogP contribution in [0.1, 0.15) is 151 Å². The van der Waals surface area contributed by atoms with Crippen molar-refractivity contribution in [3.8, 4) is 0 Å². The summed E-state index contributed by atoms with van der Waals surface area (Å²) in [7, 11) is 0. The van der Waals surface area contributed by atoms with Gasteiger partial charge in [0.05, 0.1) is 13.2 Å². The maximum Gasteiger partial charge on any atom is 0.508 e. The van der Waals surface area contributed by atoms with Crippen LogP contribution >= 0.6 is 0 Å². The molecular weight excluding hydrogens is 560 g/mol. The minimum absolute atomic E-state index is 0.0521. The van der Waals surface area contributed by atoms with E-state index in [9.17, 15) is 9.59 Å². The van der Waals surface area contributed by atoms with Crippen LogP contribution in [0.3, 0.4) is 0 Å². The molecule has 4 aliphatic carbocycles. The number of hydrogen-bond acceptors (Lipinski definition) is 5. The Labute approximate surface area is 275 Å². The smallest absolute Gasteiger partial charge is 0.462 e. The highest BCUT2D eigenvalue weighted by Crippen LogP contribution is 2.67. The molecule has 5 nitrogen and oxygen atoms in total. The van der Waals surface area contributed by atoms with Crippen LogP contribution in [-0.2, 0) is 19.0 Å². The van der Waals surface area contributed by atoms with Gasteiger partial charge in [-0.15, -0.1) is 0 Å². The van der Waals surface area contributed by atoms with Crippen molar-refractivity contribution in [2.75, 3.05) is 13.2 Å². The Kier molecular flexibility index (Phi) is 13.1. The molecule has 4 aliphatic rings. The van der Waals surface area contributed by atoms with Crippen molar-refractivity contribution in [3.05, 3.63) is 23.8 Å². The Hall–Kier alpha value is -1.78. The van der Waals surface area contributed by atoms with Crippen molar-refractivity contribution in [2.24, 2.45) is 46.3 Å². The highest BCUT2D eigenvalue weighted by Gasteiger charge is 2.59. The number of fused-ring (bicyclic) bond motifs is 5. The number of hydrogen-bond donors (Lipinski definition) is 0. The van der Waals surface area contributed by atoms with Crippen LogP contribution in [0.15, 0.2) is 23.8 Å². The van der Waals surface area contributed by atoms with Gasteiger partial charge in [-0.25, -0.2) is 9.59 Å². The van der Waals surface area contributed by atoms with Gasteiger partial charge in [-0.3, -0.25) is 0 Å². The lowest BCUT2D eigenvalue weighted by atomic mass is 9.47. The summed E-state index contributed by atoms with van der Waals surface area (Å²) < 4.78 is 16.4. The third-order valence-corrected chi connectivity index (χ3v) is 12.9. The Morgan fingerprint density at radius 2 is 1.56 bits per heavy atom. The first-order valence-electron chi connectivity index (χ1n) is 18.8. The van der Waals surface area contributed by atoms with Gasteiger partial charge in [-0.05, 0) is 111 Å². The highest BCUT2D eigenvalue weighted by atomic mass is 16.7. The molecule has 0 saturated heterocycles. The Morgan fingerprint density at radius 3 is 2.24 bits per heavy atom. The van der Waals surface area contributed by atoms with Crippen molar-refractivity contribution in [3.63, 3.8) is 0 Å². The number of esters is 1. The SMILES string of the molecule is C=C(C)C(=O)OCCCCCCCCOC(=O)OC1CC[C@@]2(C)C(=CC[C@H]3[C@@H]4CC[C@H]([C@H](C)CCCC(C)C)[C@@]4(C)CC[C@@H]32)C1. The second-order valence-electron chi connectivity index (χ2n) is 16.4. The molecule has 3 saturated carbocycles. The van der Waals surface area contributed by atoms with E-state index in [0.29, 0.717) is 24.2 Å². The van der Waals surface area contributed by atoms with Crippen molar-refractivity contribution in [2.45, 2.75) is 157 Å². The normalized spacial score (nSPS) is 33.0. The molecule has 0 amide bonds. The summed E-state index contributed by atoms with van der Waals surface area (Å²) in [4.78, 5) is 23.9. The Balaban J connectivity index is 1.16. The largest absolute Gasteiger partial charge is 0.508 e. The quantitative estimate of drug-likeness (QED) is 0.0738. The summed E-state index contributed by atoms with van der Waals surface area (Å²) in [5.41, 5.74) is 2.79. The third kappa shape index (κ3) is 8.98. The van der Waals surface area contributed by atoms with Crippen LogP contribution in [0, 0.1) is 46.3 Å². The fraction of sp³-hybridized carbons (Fsp3) is 0.850. The summed E-state index contributed by atoms with van der Waals surface area (Å²) in [5.74, 6) is 4.74. The third-order valence-electron chi connectivity index (χ3n) is 12.9. The van der Waals surface area contributed by atoms with E-state index >= 15 is 0 Å². The van der Waals surface area contributed by atoms with Gasteiger partial charge in [0.25, 0.3) is 0 Å². The zero-order chi connectivity index (χ0) is 32.6. The molecule has 256 valence electrons. The van der Waals surface area contributed by atoms with Gasteiger partial charge in [0.1, 0.15) is 6.10 Å². The minimum atomic E-state index is -0.495.